The zero-order chi connectivity index (χ0) is 13.5. The van der Waals surface area contributed by atoms with E-state index in [1.165, 1.54) is 0 Å². The van der Waals surface area contributed by atoms with Crippen LogP contribution in [0.4, 0.5) is 0 Å². The Morgan fingerprint density at radius 3 is 2.29 bits per heavy atom. The molecule has 0 amide bonds. The van der Waals surface area contributed by atoms with Gasteiger partial charge in [-0.1, -0.05) is 20.1 Å². The highest BCUT2D eigenvalue weighted by Crippen LogP contribution is 2.24. The molecule has 17 heavy (non-hydrogen) atoms. The fourth-order valence-electron chi connectivity index (χ4n) is 0.951. The number of carbonyl (C=O) groups is 2. The van der Waals surface area contributed by atoms with Crippen LogP contribution >= 0.6 is 0 Å². The van der Waals surface area contributed by atoms with Crippen molar-refractivity contribution in [2.24, 2.45) is 5.41 Å². The van der Waals surface area contributed by atoms with E-state index < -0.39 is 23.5 Å². The van der Waals surface area contributed by atoms with Gasteiger partial charge in [0.2, 0.25) is 0 Å². The van der Waals surface area contributed by atoms with Gasteiger partial charge in [-0.3, -0.25) is 0 Å². The van der Waals surface area contributed by atoms with E-state index in [0.717, 1.165) is 12.2 Å². The predicted octanol–water partition coefficient (Wildman–Crippen LogP) is 0.832. The Hall–Kier alpha value is -1.62. The molecule has 96 valence electrons. The number of esters is 2. The Morgan fingerprint density at radius 1 is 1.35 bits per heavy atom. The van der Waals surface area contributed by atoms with Gasteiger partial charge >= 0.3 is 11.9 Å². The molecule has 0 aliphatic carbocycles. The summed E-state index contributed by atoms with van der Waals surface area (Å²) in [4.78, 5) is 22.0. The summed E-state index contributed by atoms with van der Waals surface area (Å²) < 4.78 is 9.84. The first-order valence-corrected chi connectivity index (χ1v) is 5.12. The molecule has 0 saturated heterocycles. The first kappa shape index (κ1) is 15.4. The van der Waals surface area contributed by atoms with Gasteiger partial charge in [0.15, 0.2) is 0 Å². The van der Waals surface area contributed by atoms with Gasteiger partial charge < -0.3 is 14.6 Å². The normalized spacial score (nSPS) is 15.2. The summed E-state index contributed by atoms with van der Waals surface area (Å²) >= 11 is 0. The van der Waals surface area contributed by atoms with Crippen molar-refractivity contribution in [3.63, 3.8) is 0 Å². The molecule has 0 spiro atoms. The highest BCUT2D eigenvalue weighted by molar-refractivity contribution is 5.81. The van der Waals surface area contributed by atoms with Crippen LogP contribution in [-0.4, -0.2) is 36.4 Å². The number of aliphatic hydroxyl groups excluding tert-OH is 1. The molecular formula is C12H18O5. The number of rotatable bonds is 7. The topological polar surface area (TPSA) is 72.8 Å². The third-order valence-corrected chi connectivity index (χ3v) is 2.51. The average Bonchev–Trinajstić information content (AvgIpc) is 2.34. The van der Waals surface area contributed by atoms with Crippen molar-refractivity contribution in [3.8, 4) is 0 Å². The molecule has 0 aromatic rings. The minimum atomic E-state index is -0.864. The fraction of sp³-hybridized carbons (Fsp3) is 0.500. The SMILES string of the molecule is C=CC(=O)OCC(C)(CO)C(C)OC(=O)C=C. The summed E-state index contributed by atoms with van der Waals surface area (Å²) in [5.74, 6) is -1.18. The van der Waals surface area contributed by atoms with Gasteiger partial charge in [-0.2, -0.15) is 0 Å². The summed E-state index contributed by atoms with van der Waals surface area (Å²) in [6.07, 6.45) is 1.44. The summed E-state index contributed by atoms with van der Waals surface area (Å²) in [5.41, 5.74) is -0.864. The number of hydrogen-bond donors (Lipinski definition) is 1. The van der Waals surface area contributed by atoms with Crippen molar-refractivity contribution >= 4 is 11.9 Å². The van der Waals surface area contributed by atoms with Crippen molar-refractivity contribution in [2.75, 3.05) is 13.2 Å². The number of hydrogen-bond acceptors (Lipinski definition) is 5. The zero-order valence-corrected chi connectivity index (χ0v) is 10.1. The standard InChI is InChI=1S/C12H18O5/c1-5-10(14)16-8-12(4,7-13)9(3)17-11(15)6-2/h5-6,9,13H,1-2,7-8H2,3-4H3. The molecular weight excluding hydrogens is 224 g/mol. The summed E-state index contributed by atoms with van der Waals surface area (Å²) in [6.45, 7) is 9.43. The highest BCUT2D eigenvalue weighted by Gasteiger charge is 2.34. The minimum absolute atomic E-state index is 0.0695. The van der Waals surface area contributed by atoms with Crippen molar-refractivity contribution in [1.29, 1.82) is 0 Å². The van der Waals surface area contributed by atoms with Crippen LogP contribution in [0.5, 0.6) is 0 Å². The lowest BCUT2D eigenvalue weighted by atomic mass is 9.87. The second-order valence-electron chi connectivity index (χ2n) is 3.91. The smallest absolute Gasteiger partial charge is 0.330 e. The van der Waals surface area contributed by atoms with E-state index in [9.17, 15) is 14.7 Å². The number of carbonyl (C=O) groups excluding carboxylic acids is 2. The maximum Gasteiger partial charge on any atom is 0.330 e. The summed E-state index contributed by atoms with van der Waals surface area (Å²) in [6, 6.07) is 0. The van der Waals surface area contributed by atoms with Crippen molar-refractivity contribution in [3.05, 3.63) is 25.3 Å². The molecule has 0 aromatic heterocycles. The average molecular weight is 242 g/mol. The van der Waals surface area contributed by atoms with Gasteiger partial charge in [-0.05, 0) is 6.92 Å². The minimum Gasteiger partial charge on any atom is -0.462 e. The van der Waals surface area contributed by atoms with Crippen LogP contribution in [-0.2, 0) is 19.1 Å². The van der Waals surface area contributed by atoms with E-state index >= 15 is 0 Å². The Labute approximate surface area is 101 Å². The van der Waals surface area contributed by atoms with Crippen LogP contribution in [0, 0.1) is 5.41 Å². The lowest BCUT2D eigenvalue weighted by Gasteiger charge is -2.32. The van der Waals surface area contributed by atoms with E-state index in [2.05, 4.69) is 13.2 Å². The Balaban J connectivity index is 4.52. The van der Waals surface area contributed by atoms with Gasteiger partial charge in [-0.15, -0.1) is 0 Å². The van der Waals surface area contributed by atoms with Crippen molar-refractivity contribution in [2.45, 2.75) is 20.0 Å². The van der Waals surface area contributed by atoms with Crippen LogP contribution in [0.2, 0.25) is 0 Å². The molecule has 0 saturated carbocycles. The first-order valence-electron chi connectivity index (χ1n) is 5.12. The van der Waals surface area contributed by atoms with E-state index in [0.29, 0.717) is 0 Å². The monoisotopic (exact) mass is 242 g/mol. The molecule has 0 bridgehead atoms. The third kappa shape index (κ3) is 4.82. The van der Waals surface area contributed by atoms with Crippen LogP contribution < -0.4 is 0 Å². The van der Waals surface area contributed by atoms with Gasteiger partial charge in [0.05, 0.1) is 12.0 Å². The van der Waals surface area contributed by atoms with E-state index in [4.69, 9.17) is 9.47 Å². The number of ether oxygens (including phenoxy) is 2. The van der Waals surface area contributed by atoms with Crippen molar-refractivity contribution in [1.82, 2.24) is 0 Å². The summed E-state index contributed by atoms with van der Waals surface area (Å²) in [7, 11) is 0. The molecule has 0 rings (SSSR count). The largest absolute Gasteiger partial charge is 0.462 e. The molecule has 0 radical (unpaired) electrons. The van der Waals surface area contributed by atoms with Gasteiger partial charge in [0, 0.05) is 12.2 Å². The van der Waals surface area contributed by atoms with Gasteiger partial charge in [0.25, 0.3) is 0 Å². The lowest BCUT2D eigenvalue weighted by molar-refractivity contribution is -0.157. The second kappa shape index (κ2) is 6.85. The van der Waals surface area contributed by atoms with E-state index in [1.54, 1.807) is 13.8 Å². The van der Waals surface area contributed by atoms with Crippen LogP contribution in [0.25, 0.3) is 0 Å². The maximum absolute atomic E-state index is 11.0. The molecule has 0 fully saturated rings. The lowest BCUT2D eigenvalue weighted by Crippen LogP contribution is -2.41. The van der Waals surface area contributed by atoms with Crippen LogP contribution in [0.3, 0.4) is 0 Å². The Morgan fingerprint density at radius 2 is 1.88 bits per heavy atom. The molecule has 0 aliphatic heterocycles. The molecule has 0 aliphatic rings. The van der Waals surface area contributed by atoms with Crippen molar-refractivity contribution < 1.29 is 24.2 Å². The predicted molar refractivity (Wildman–Crippen MR) is 62.1 cm³/mol. The van der Waals surface area contributed by atoms with Gasteiger partial charge in [-0.25, -0.2) is 9.59 Å². The highest BCUT2D eigenvalue weighted by atomic mass is 16.6. The molecule has 5 heteroatoms. The quantitative estimate of drug-likeness (QED) is 0.529. The molecule has 5 nitrogen and oxygen atoms in total. The summed E-state index contributed by atoms with van der Waals surface area (Å²) in [5, 5.41) is 9.29. The van der Waals surface area contributed by atoms with E-state index in [1.807, 2.05) is 0 Å². The molecule has 0 aromatic carbocycles. The Kier molecular flexibility index (Phi) is 6.20. The fourth-order valence-corrected chi connectivity index (χ4v) is 0.951. The van der Waals surface area contributed by atoms with Gasteiger partial charge in [0.1, 0.15) is 12.7 Å². The maximum atomic E-state index is 11.0. The third-order valence-electron chi connectivity index (χ3n) is 2.51. The zero-order valence-electron chi connectivity index (χ0n) is 10.1. The van der Waals surface area contributed by atoms with Crippen LogP contribution in [0.1, 0.15) is 13.8 Å². The van der Waals surface area contributed by atoms with Crippen LogP contribution in [0.15, 0.2) is 25.3 Å². The van der Waals surface area contributed by atoms with E-state index in [-0.39, 0.29) is 13.2 Å². The molecule has 1 N–H and O–H groups in total. The molecule has 2 unspecified atom stereocenters. The molecule has 0 heterocycles. The molecule has 2 atom stereocenters. The first-order chi connectivity index (χ1) is 7.89. The number of aliphatic hydroxyl groups is 1. The second-order valence-corrected chi connectivity index (χ2v) is 3.91. The Bertz CT molecular complexity index is 310.